The van der Waals surface area contributed by atoms with Crippen LogP contribution >= 0.6 is 0 Å². The Morgan fingerprint density at radius 2 is 2.25 bits per heavy atom. The van der Waals surface area contributed by atoms with Gasteiger partial charge >= 0.3 is 0 Å². The lowest BCUT2D eigenvalue weighted by Gasteiger charge is -2.03. The van der Waals surface area contributed by atoms with E-state index < -0.39 is 11.5 Å². The summed E-state index contributed by atoms with van der Waals surface area (Å²) < 4.78 is 0. The summed E-state index contributed by atoms with van der Waals surface area (Å²) in [5.41, 5.74) is 5.09. The van der Waals surface area contributed by atoms with E-state index in [1.54, 1.807) is 6.07 Å². The Morgan fingerprint density at radius 3 is 3.00 bits per heavy atom. The number of rotatable bonds is 2. The van der Waals surface area contributed by atoms with Gasteiger partial charge in [0.15, 0.2) is 0 Å². The van der Waals surface area contributed by atoms with Gasteiger partial charge in [-0.1, -0.05) is 0 Å². The lowest BCUT2D eigenvalue weighted by atomic mass is 10.2. The number of aromatic nitrogens is 5. The zero-order valence-electron chi connectivity index (χ0n) is 10.0. The van der Waals surface area contributed by atoms with Crippen LogP contribution in [0.2, 0.25) is 0 Å². The number of nitrogens with two attached hydrogens (primary N) is 1. The number of nitrogens with one attached hydrogen (secondary N) is 3. The number of amides is 1. The summed E-state index contributed by atoms with van der Waals surface area (Å²) in [6.07, 6.45) is 2.91. The number of carbonyl (C=O) groups excluding carboxylic acids is 1. The molecule has 0 aliphatic carbocycles. The molecule has 0 atom stereocenters. The van der Waals surface area contributed by atoms with Crippen molar-refractivity contribution in [2.75, 3.05) is 11.1 Å². The fourth-order valence-electron chi connectivity index (χ4n) is 1.69. The van der Waals surface area contributed by atoms with Crippen LogP contribution in [0.5, 0.6) is 0 Å². The lowest BCUT2D eigenvalue weighted by molar-refractivity contribution is 0.102. The molecule has 3 aromatic rings. The van der Waals surface area contributed by atoms with Crippen molar-refractivity contribution in [3.8, 4) is 0 Å². The van der Waals surface area contributed by atoms with Crippen molar-refractivity contribution in [2.45, 2.75) is 0 Å². The molecular weight excluding hydrogens is 262 g/mol. The largest absolute Gasteiger partial charge is 0.368 e. The fourth-order valence-corrected chi connectivity index (χ4v) is 1.69. The molecule has 0 aliphatic heterocycles. The number of nitrogens with zero attached hydrogens (tertiary/aromatic N) is 3. The van der Waals surface area contributed by atoms with Gasteiger partial charge in [-0.3, -0.25) is 14.7 Å². The number of nitrogen functional groups attached to an aromatic ring is 1. The first-order valence-electron chi connectivity index (χ1n) is 5.60. The molecule has 3 rings (SSSR count). The molecule has 9 heteroatoms. The van der Waals surface area contributed by atoms with Gasteiger partial charge in [0.1, 0.15) is 17.0 Å². The average Bonchev–Trinajstić information content (AvgIpc) is 2.90. The Labute approximate surface area is 111 Å². The van der Waals surface area contributed by atoms with Crippen LogP contribution < -0.4 is 16.6 Å². The first-order chi connectivity index (χ1) is 9.63. The SMILES string of the molecule is Nc1ncc2cc(C(=O)Nc3ccn[nH]3)c(=O)[nH]c2n1. The summed E-state index contributed by atoms with van der Waals surface area (Å²) in [5.74, 6) is -0.125. The van der Waals surface area contributed by atoms with E-state index in [9.17, 15) is 9.59 Å². The standard InChI is InChI=1S/C11H9N7O2/c12-11-13-4-5-3-6(10(20)16-8(5)17-11)9(19)15-7-1-2-14-18-7/h1-4H,(H2,14,15,18,19)(H3,12,13,16,17,20). The molecule has 5 N–H and O–H groups in total. The van der Waals surface area contributed by atoms with Crippen molar-refractivity contribution in [2.24, 2.45) is 0 Å². The highest BCUT2D eigenvalue weighted by Crippen LogP contribution is 2.09. The van der Waals surface area contributed by atoms with Gasteiger partial charge in [-0.15, -0.1) is 0 Å². The Balaban J connectivity index is 2.03. The first-order valence-corrected chi connectivity index (χ1v) is 5.60. The molecular formula is C11H9N7O2. The van der Waals surface area contributed by atoms with Crippen LogP contribution in [-0.4, -0.2) is 31.1 Å². The number of H-pyrrole nitrogens is 2. The minimum Gasteiger partial charge on any atom is -0.368 e. The van der Waals surface area contributed by atoms with E-state index in [1.807, 2.05) is 0 Å². The topological polar surface area (TPSA) is 142 Å². The van der Waals surface area contributed by atoms with E-state index in [-0.39, 0.29) is 17.2 Å². The van der Waals surface area contributed by atoms with Crippen molar-refractivity contribution >= 4 is 28.7 Å². The molecule has 0 aromatic carbocycles. The minimum atomic E-state index is -0.562. The third-order valence-electron chi connectivity index (χ3n) is 2.61. The molecule has 1 amide bonds. The molecule has 20 heavy (non-hydrogen) atoms. The van der Waals surface area contributed by atoms with E-state index in [0.717, 1.165) is 0 Å². The van der Waals surface area contributed by atoms with Gasteiger partial charge in [0.05, 0.1) is 6.20 Å². The number of hydrogen-bond acceptors (Lipinski definition) is 6. The van der Waals surface area contributed by atoms with E-state index >= 15 is 0 Å². The van der Waals surface area contributed by atoms with Gasteiger partial charge in [-0.05, 0) is 6.07 Å². The summed E-state index contributed by atoms with van der Waals surface area (Å²) in [4.78, 5) is 34.0. The lowest BCUT2D eigenvalue weighted by Crippen LogP contribution is -2.23. The second-order valence-electron chi connectivity index (χ2n) is 3.97. The molecule has 0 bridgehead atoms. The van der Waals surface area contributed by atoms with Gasteiger partial charge < -0.3 is 16.0 Å². The average molecular weight is 271 g/mol. The molecule has 0 unspecified atom stereocenters. The van der Waals surface area contributed by atoms with Crippen molar-refractivity contribution < 1.29 is 4.79 Å². The highest BCUT2D eigenvalue weighted by atomic mass is 16.2. The number of anilines is 2. The highest BCUT2D eigenvalue weighted by molar-refractivity contribution is 6.05. The van der Waals surface area contributed by atoms with E-state index in [2.05, 4.69) is 30.5 Å². The van der Waals surface area contributed by atoms with Gasteiger partial charge in [-0.25, -0.2) is 4.98 Å². The summed E-state index contributed by atoms with van der Waals surface area (Å²) in [7, 11) is 0. The predicted octanol–water partition coefficient (Wildman–Crippen LogP) is -0.124. The van der Waals surface area contributed by atoms with Crippen LogP contribution in [-0.2, 0) is 0 Å². The molecule has 0 fully saturated rings. The molecule has 0 saturated carbocycles. The van der Waals surface area contributed by atoms with Crippen LogP contribution in [0.3, 0.4) is 0 Å². The Bertz CT molecular complexity index is 838. The highest BCUT2D eigenvalue weighted by Gasteiger charge is 2.13. The third kappa shape index (κ3) is 2.07. The molecule has 9 nitrogen and oxygen atoms in total. The fraction of sp³-hybridized carbons (Fsp3) is 0. The van der Waals surface area contributed by atoms with Crippen molar-refractivity contribution in [1.29, 1.82) is 0 Å². The zero-order valence-corrected chi connectivity index (χ0v) is 10.0. The number of aromatic amines is 2. The van der Waals surface area contributed by atoms with Crippen molar-refractivity contribution in [1.82, 2.24) is 25.1 Å². The molecule has 0 spiro atoms. The van der Waals surface area contributed by atoms with Gasteiger partial charge in [0.25, 0.3) is 11.5 Å². The summed E-state index contributed by atoms with van der Waals surface area (Å²) in [5, 5.41) is 9.28. The Hall–Kier alpha value is -3.23. The van der Waals surface area contributed by atoms with Crippen LogP contribution in [0.1, 0.15) is 10.4 Å². The van der Waals surface area contributed by atoms with E-state index in [4.69, 9.17) is 5.73 Å². The Morgan fingerprint density at radius 1 is 1.40 bits per heavy atom. The number of pyridine rings is 1. The molecule has 100 valence electrons. The van der Waals surface area contributed by atoms with Gasteiger partial charge in [-0.2, -0.15) is 10.1 Å². The predicted molar refractivity (Wildman–Crippen MR) is 71.1 cm³/mol. The third-order valence-corrected chi connectivity index (χ3v) is 2.61. The van der Waals surface area contributed by atoms with E-state index in [0.29, 0.717) is 11.2 Å². The van der Waals surface area contributed by atoms with Crippen LogP contribution in [0.4, 0.5) is 11.8 Å². The molecule has 0 aliphatic rings. The monoisotopic (exact) mass is 271 g/mol. The number of fused-ring (bicyclic) bond motifs is 1. The quantitative estimate of drug-likeness (QED) is 0.511. The molecule has 3 heterocycles. The second-order valence-corrected chi connectivity index (χ2v) is 3.97. The first kappa shape index (κ1) is 11.8. The van der Waals surface area contributed by atoms with Crippen molar-refractivity contribution in [3.63, 3.8) is 0 Å². The summed E-state index contributed by atoms with van der Waals surface area (Å²) in [6, 6.07) is 2.97. The van der Waals surface area contributed by atoms with Crippen LogP contribution in [0, 0.1) is 0 Å². The molecule has 0 saturated heterocycles. The minimum absolute atomic E-state index is 0.0443. The van der Waals surface area contributed by atoms with Gasteiger partial charge in [0.2, 0.25) is 5.95 Å². The second kappa shape index (κ2) is 4.46. The maximum atomic E-state index is 12.0. The van der Waals surface area contributed by atoms with Gasteiger partial charge in [0, 0.05) is 17.6 Å². The van der Waals surface area contributed by atoms with Crippen LogP contribution in [0.15, 0.2) is 29.3 Å². The zero-order chi connectivity index (χ0) is 14.1. The summed E-state index contributed by atoms with van der Waals surface area (Å²) >= 11 is 0. The smallest absolute Gasteiger partial charge is 0.262 e. The number of hydrogen-bond donors (Lipinski definition) is 4. The Kier molecular flexibility index (Phi) is 2.64. The number of carbonyl (C=O) groups is 1. The summed E-state index contributed by atoms with van der Waals surface area (Å²) in [6.45, 7) is 0. The van der Waals surface area contributed by atoms with Crippen molar-refractivity contribution in [3.05, 3.63) is 40.4 Å². The van der Waals surface area contributed by atoms with Crippen LogP contribution in [0.25, 0.3) is 11.0 Å². The normalized spacial score (nSPS) is 10.6. The molecule has 0 radical (unpaired) electrons. The van der Waals surface area contributed by atoms with E-state index in [1.165, 1.54) is 18.5 Å². The molecule has 3 aromatic heterocycles. The maximum Gasteiger partial charge on any atom is 0.262 e. The maximum absolute atomic E-state index is 12.0.